The van der Waals surface area contributed by atoms with Gasteiger partial charge >= 0.3 is 0 Å². The Bertz CT molecular complexity index is 767. The first-order chi connectivity index (χ1) is 11.3. The zero-order chi connectivity index (χ0) is 17.9. The number of nitrogens with two attached hydrogens (primary N) is 1. The average molecular weight is 326 g/mol. The number of rotatable bonds is 5. The van der Waals surface area contributed by atoms with Crippen LogP contribution in [-0.2, 0) is 4.79 Å². The minimum atomic E-state index is -0.652. The summed E-state index contributed by atoms with van der Waals surface area (Å²) in [5.41, 5.74) is 9.39. The molecular weight excluding hydrogens is 304 g/mol. The van der Waals surface area contributed by atoms with Crippen LogP contribution >= 0.6 is 0 Å². The number of nitrogens with one attached hydrogen (secondary N) is 1. The number of anilines is 1. The van der Waals surface area contributed by atoms with E-state index in [0.29, 0.717) is 17.0 Å². The lowest BCUT2D eigenvalue weighted by molar-refractivity contribution is -0.122. The Morgan fingerprint density at radius 3 is 2.29 bits per heavy atom. The van der Waals surface area contributed by atoms with E-state index < -0.39 is 12.0 Å². The number of carbonyl (C=O) groups is 2. The molecule has 1 atom stereocenters. The molecule has 2 aromatic rings. The molecule has 0 aromatic heterocycles. The highest BCUT2D eigenvalue weighted by atomic mass is 16.5. The van der Waals surface area contributed by atoms with Crippen LogP contribution in [0.15, 0.2) is 36.4 Å². The largest absolute Gasteiger partial charge is 0.481 e. The fourth-order valence-electron chi connectivity index (χ4n) is 2.33. The highest BCUT2D eigenvalue weighted by Crippen LogP contribution is 2.24. The third-order valence-corrected chi connectivity index (χ3v) is 3.87. The van der Waals surface area contributed by atoms with E-state index in [-0.39, 0.29) is 5.91 Å². The van der Waals surface area contributed by atoms with Crippen LogP contribution < -0.4 is 15.8 Å². The quantitative estimate of drug-likeness (QED) is 0.886. The van der Waals surface area contributed by atoms with Crippen molar-refractivity contribution in [2.45, 2.75) is 33.8 Å². The standard InChI is InChI=1S/C19H22N2O3/c1-11-9-12(2)13(3)17(10-11)24-14(4)19(23)21-16-7-5-15(6-8-16)18(20)22/h5-10,14H,1-4H3,(H2,20,22)(H,21,23)/t14-/m0/s1. The molecule has 0 heterocycles. The van der Waals surface area contributed by atoms with Crippen LogP contribution in [0, 0.1) is 20.8 Å². The van der Waals surface area contributed by atoms with Crippen LogP contribution in [0.5, 0.6) is 5.75 Å². The van der Waals surface area contributed by atoms with Gasteiger partial charge < -0.3 is 15.8 Å². The molecule has 0 spiro atoms. The number of ether oxygens (including phenoxy) is 1. The summed E-state index contributed by atoms with van der Waals surface area (Å²) in [6, 6.07) is 10.4. The Labute approximate surface area is 141 Å². The Morgan fingerprint density at radius 1 is 1.08 bits per heavy atom. The van der Waals surface area contributed by atoms with E-state index in [1.807, 2.05) is 26.8 Å². The molecule has 0 radical (unpaired) electrons. The van der Waals surface area contributed by atoms with Gasteiger partial charge in [-0.3, -0.25) is 9.59 Å². The van der Waals surface area contributed by atoms with E-state index in [4.69, 9.17) is 10.5 Å². The van der Waals surface area contributed by atoms with Gasteiger partial charge in [0, 0.05) is 11.3 Å². The van der Waals surface area contributed by atoms with Gasteiger partial charge in [0.1, 0.15) is 5.75 Å². The summed E-state index contributed by atoms with van der Waals surface area (Å²) in [6.45, 7) is 7.67. The average Bonchev–Trinajstić information content (AvgIpc) is 2.52. The molecule has 0 aliphatic heterocycles. The molecule has 2 aromatic carbocycles. The van der Waals surface area contributed by atoms with E-state index in [1.54, 1.807) is 31.2 Å². The lowest BCUT2D eigenvalue weighted by Crippen LogP contribution is -2.30. The van der Waals surface area contributed by atoms with Gasteiger partial charge in [-0.25, -0.2) is 0 Å². The van der Waals surface area contributed by atoms with Crippen molar-refractivity contribution in [2.24, 2.45) is 5.73 Å². The molecule has 0 fully saturated rings. The molecule has 0 saturated heterocycles. The van der Waals surface area contributed by atoms with Crippen molar-refractivity contribution in [2.75, 3.05) is 5.32 Å². The van der Waals surface area contributed by atoms with Crippen molar-refractivity contribution >= 4 is 17.5 Å². The van der Waals surface area contributed by atoms with Gasteiger partial charge in [-0.2, -0.15) is 0 Å². The van der Waals surface area contributed by atoms with E-state index in [9.17, 15) is 9.59 Å². The Balaban J connectivity index is 2.06. The zero-order valence-electron chi connectivity index (χ0n) is 14.3. The van der Waals surface area contributed by atoms with Crippen molar-refractivity contribution in [1.29, 1.82) is 0 Å². The molecule has 126 valence electrons. The molecule has 5 nitrogen and oxygen atoms in total. The summed E-state index contributed by atoms with van der Waals surface area (Å²) in [6.07, 6.45) is -0.652. The Hall–Kier alpha value is -2.82. The van der Waals surface area contributed by atoms with Gasteiger partial charge in [-0.1, -0.05) is 6.07 Å². The van der Waals surface area contributed by atoms with Crippen LogP contribution in [0.25, 0.3) is 0 Å². The summed E-state index contributed by atoms with van der Waals surface area (Å²) in [7, 11) is 0. The van der Waals surface area contributed by atoms with Gasteiger partial charge in [0.2, 0.25) is 5.91 Å². The number of carbonyl (C=O) groups excluding carboxylic acids is 2. The number of aryl methyl sites for hydroxylation is 2. The predicted octanol–water partition coefficient (Wildman–Crippen LogP) is 3.12. The molecule has 5 heteroatoms. The predicted molar refractivity (Wildman–Crippen MR) is 94.3 cm³/mol. The maximum Gasteiger partial charge on any atom is 0.265 e. The minimum Gasteiger partial charge on any atom is -0.481 e. The van der Waals surface area contributed by atoms with Crippen LogP contribution in [0.1, 0.15) is 34.0 Å². The van der Waals surface area contributed by atoms with Gasteiger partial charge in [0.25, 0.3) is 5.91 Å². The fraction of sp³-hybridized carbons (Fsp3) is 0.263. The number of primary amides is 1. The van der Waals surface area contributed by atoms with Crippen molar-refractivity contribution < 1.29 is 14.3 Å². The topological polar surface area (TPSA) is 81.4 Å². The van der Waals surface area contributed by atoms with E-state index in [2.05, 4.69) is 11.4 Å². The van der Waals surface area contributed by atoms with Crippen LogP contribution in [0.3, 0.4) is 0 Å². The molecule has 0 bridgehead atoms. The summed E-state index contributed by atoms with van der Waals surface area (Å²) < 4.78 is 5.82. The lowest BCUT2D eigenvalue weighted by atomic mass is 10.1. The summed E-state index contributed by atoms with van der Waals surface area (Å²) in [5, 5.41) is 2.76. The number of amides is 2. The monoisotopic (exact) mass is 326 g/mol. The van der Waals surface area contributed by atoms with Gasteiger partial charge in [0.15, 0.2) is 6.10 Å². The first kappa shape index (κ1) is 17.5. The summed E-state index contributed by atoms with van der Waals surface area (Å²) in [5.74, 6) is -0.0607. The maximum atomic E-state index is 12.3. The molecule has 24 heavy (non-hydrogen) atoms. The zero-order valence-corrected chi connectivity index (χ0v) is 14.3. The number of hydrogen-bond donors (Lipinski definition) is 2. The Kier molecular flexibility index (Phi) is 5.24. The van der Waals surface area contributed by atoms with Crippen LogP contribution in [-0.4, -0.2) is 17.9 Å². The maximum absolute atomic E-state index is 12.3. The second-order valence-corrected chi connectivity index (χ2v) is 5.90. The SMILES string of the molecule is Cc1cc(C)c(C)c(O[C@@H](C)C(=O)Nc2ccc(C(N)=O)cc2)c1. The summed E-state index contributed by atoms with van der Waals surface area (Å²) >= 11 is 0. The molecule has 2 rings (SSSR count). The lowest BCUT2D eigenvalue weighted by Gasteiger charge is -2.18. The molecular formula is C19H22N2O3. The normalized spacial score (nSPS) is 11.7. The van der Waals surface area contributed by atoms with Crippen molar-refractivity contribution in [3.63, 3.8) is 0 Å². The van der Waals surface area contributed by atoms with Gasteiger partial charge in [-0.15, -0.1) is 0 Å². The van der Waals surface area contributed by atoms with Crippen molar-refractivity contribution in [1.82, 2.24) is 0 Å². The smallest absolute Gasteiger partial charge is 0.265 e. The molecule has 0 saturated carbocycles. The molecule has 0 unspecified atom stereocenters. The van der Waals surface area contributed by atoms with Crippen LogP contribution in [0.4, 0.5) is 5.69 Å². The second-order valence-electron chi connectivity index (χ2n) is 5.90. The van der Waals surface area contributed by atoms with Gasteiger partial charge in [-0.05, 0) is 74.7 Å². The van der Waals surface area contributed by atoms with E-state index in [1.165, 1.54) is 0 Å². The third-order valence-electron chi connectivity index (χ3n) is 3.87. The van der Waals surface area contributed by atoms with Crippen LogP contribution in [0.2, 0.25) is 0 Å². The van der Waals surface area contributed by atoms with Gasteiger partial charge in [0.05, 0.1) is 0 Å². The molecule has 2 amide bonds. The first-order valence-corrected chi connectivity index (χ1v) is 7.73. The van der Waals surface area contributed by atoms with E-state index >= 15 is 0 Å². The first-order valence-electron chi connectivity index (χ1n) is 7.73. The van der Waals surface area contributed by atoms with E-state index in [0.717, 1.165) is 16.7 Å². The fourth-order valence-corrected chi connectivity index (χ4v) is 2.33. The minimum absolute atomic E-state index is 0.264. The Morgan fingerprint density at radius 2 is 1.71 bits per heavy atom. The number of benzene rings is 2. The second kappa shape index (κ2) is 7.17. The molecule has 3 N–H and O–H groups in total. The molecule has 0 aliphatic carbocycles. The highest BCUT2D eigenvalue weighted by Gasteiger charge is 2.17. The van der Waals surface area contributed by atoms with Crippen molar-refractivity contribution in [3.8, 4) is 5.75 Å². The summed E-state index contributed by atoms with van der Waals surface area (Å²) in [4.78, 5) is 23.3. The highest BCUT2D eigenvalue weighted by molar-refractivity contribution is 5.96. The third kappa shape index (κ3) is 4.13. The molecule has 0 aliphatic rings. The number of hydrogen-bond acceptors (Lipinski definition) is 3. The van der Waals surface area contributed by atoms with Crippen molar-refractivity contribution in [3.05, 3.63) is 58.7 Å².